The first-order valence-electron chi connectivity index (χ1n) is 7.12. The third kappa shape index (κ3) is 4.45. The summed E-state index contributed by atoms with van der Waals surface area (Å²) in [6.45, 7) is 7.58. The Labute approximate surface area is 120 Å². The second-order valence-corrected chi connectivity index (χ2v) is 5.44. The Kier molecular flexibility index (Phi) is 6.42. The molecule has 0 aromatic carbocycles. The molecule has 2 atom stereocenters. The summed E-state index contributed by atoms with van der Waals surface area (Å²) in [7, 11) is 0. The summed E-state index contributed by atoms with van der Waals surface area (Å²) in [5, 5.41) is 9.25. The largest absolute Gasteiger partial charge is 0.481 e. The number of carboxylic acids is 1. The monoisotopic (exact) mass is 287 g/mol. The van der Waals surface area contributed by atoms with E-state index in [0.29, 0.717) is 39.2 Å². The van der Waals surface area contributed by atoms with Crippen molar-refractivity contribution in [2.75, 3.05) is 32.9 Å². The molecule has 0 bridgehead atoms. The van der Waals surface area contributed by atoms with Gasteiger partial charge in [-0.1, -0.05) is 0 Å². The second-order valence-electron chi connectivity index (χ2n) is 5.44. The number of ether oxygens (including phenoxy) is 2. The minimum absolute atomic E-state index is 0.145. The molecule has 0 aromatic rings. The van der Waals surface area contributed by atoms with Crippen LogP contribution in [0.1, 0.15) is 33.6 Å². The zero-order valence-electron chi connectivity index (χ0n) is 12.6. The molecule has 0 saturated carbocycles. The smallest absolute Gasteiger partial charge is 0.311 e. The van der Waals surface area contributed by atoms with Crippen molar-refractivity contribution >= 4 is 11.9 Å². The normalized spacial score (nSPS) is 24.4. The van der Waals surface area contributed by atoms with Gasteiger partial charge in [-0.15, -0.1) is 0 Å². The Bertz CT molecular complexity index is 346. The summed E-state index contributed by atoms with van der Waals surface area (Å²) < 4.78 is 10.6. The fourth-order valence-corrected chi connectivity index (χ4v) is 2.36. The van der Waals surface area contributed by atoms with Gasteiger partial charge >= 0.3 is 5.97 Å². The highest BCUT2D eigenvalue weighted by molar-refractivity contribution is 5.82. The van der Waals surface area contributed by atoms with Crippen molar-refractivity contribution in [2.24, 2.45) is 5.41 Å². The number of amides is 1. The van der Waals surface area contributed by atoms with Crippen LogP contribution in [0.4, 0.5) is 0 Å². The molecule has 1 rings (SSSR count). The standard InChI is InChI=1S/C14H25NO5/c1-4-19-8-9-20-11(2)12(16)15-7-5-6-14(3,10-15)13(17)18/h11H,4-10H2,1-3H3,(H,17,18). The van der Waals surface area contributed by atoms with Gasteiger partial charge in [0.25, 0.3) is 5.91 Å². The van der Waals surface area contributed by atoms with E-state index >= 15 is 0 Å². The zero-order chi connectivity index (χ0) is 15.2. The van der Waals surface area contributed by atoms with E-state index in [9.17, 15) is 14.7 Å². The number of rotatable bonds is 7. The number of carbonyl (C=O) groups excluding carboxylic acids is 1. The Morgan fingerprint density at radius 3 is 2.70 bits per heavy atom. The molecule has 1 amide bonds. The minimum Gasteiger partial charge on any atom is -0.481 e. The maximum atomic E-state index is 12.2. The van der Waals surface area contributed by atoms with Crippen molar-refractivity contribution in [3.8, 4) is 0 Å². The summed E-state index contributed by atoms with van der Waals surface area (Å²) in [6, 6.07) is 0. The molecule has 1 saturated heterocycles. The predicted molar refractivity (Wildman–Crippen MR) is 73.5 cm³/mol. The van der Waals surface area contributed by atoms with Crippen molar-refractivity contribution in [3.63, 3.8) is 0 Å². The van der Waals surface area contributed by atoms with E-state index in [2.05, 4.69) is 0 Å². The molecule has 116 valence electrons. The average Bonchev–Trinajstić information content (AvgIpc) is 2.42. The summed E-state index contributed by atoms with van der Waals surface area (Å²) >= 11 is 0. The fourth-order valence-electron chi connectivity index (χ4n) is 2.36. The van der Waals surface area contributed by atoms with Gasteiger partial charge in [-0.3, -0.25) is 9.59 Å². The molecule has 0 radical (unpaired) electrons. The van der Waals surface area contributed by atoms with Gasteiger partial charge in [-0.2, -0.15) is 0 Å². The van der Waals surface area contributed by atoms with Crippen LogP contribution < -0.4 is 0 Å². The maximum absolute atomic E-state index is 12.2. The molecule has 2 unspecified atom stereocenters. The Morgan fingerprint density at radius 1 is 1.40 bits per heavy atom. The summed E-state index contributed by atoms with van der Waals surface area (Å²) in [6.07, 6.45) is 0.748. The lowest BCUT2D eigenvalue weighted by atomic mass is 9.82. The molecule has 1 aliphatic heterocycles. The second kappa shape index (κ2) is 7.59. The predicted octanol–water partition coefficient (Wildman–Crippen LogP) is 1.14. The first kappa shape index (κ1) is 16.9. The van der Waals surface area contributed by atoms with Crippen molar-refractivity contribution < 1.29 is 24.2 Å². The van der Waals surface area contributed by atoms with Crippen molar-refractivity contribution in [3.05, 3.63) is 0 Å². The number of carboxylic acid groups (broad SMARTS) is 1. The third-order valence-corrected chi connectivity index (χ3v) is 3.67. The number of hydrogen-bond donors (Lipinski definition) is 1. The van der Waals surface area contributed by atoms with E-state index in [1.807, 2.05) is 6.92 Å². The number of aliphatic carboxylic acids is 1. The van der Waals surface area contributed by atoms with Crippen molar-refractivity contribution in [2.45, 2.75) is 39.7 Å². The van der Waals surface area contributed by atoms with Gasteiger partial charge in [0, 0.05) is 19.7 Å². The van der Waals surface area contributed by atoms with Crippen LogP contribution in [-0.2, 0) is 19.1 Å². The molecule has 1 fully saturated rings. The van der Waals surface area contributed by atoms with Crippen molar-refractivity contribution in [1.29, 1.82) is 0 Å². The lowest BCUT2D eigenvalue weighted by Crippen LogP contribution is -2.51. The van der Waals surface area contributed by atoms with Gasteiger partial charge in [0.15, 0.2) is 0 Å². The topological polar surface area (TPSA) is 76.1 Å². The molecular formula is C14H25NO5. The SMILES string of the molecule is CCOCCOC(C)C(=O)N1CCCC(C)(C(=O)O)C1. The van der Waals surface area contributed by atoms with Gasteiger partial charge in [-0.25, -0.2) is 0 Å². The highest BCUT2D eigenvalue weighted by Gasteiger charge is 2.40. The van der Waals surface area contributed by atoms with E-state index in [1.165, 1.54) is 0 Å². The Morgan fingerprint density at radius 2 is 2.10 bits per heavy atom. The molecule has 1 N–H and O–H groups in total. The number of likely N-dealkylation sites (tertiary alicyclic amines) is 1. The molecule has 0 spiro atoms. The zero-order valence-corrected chi connectivity index (χ0v) is 12.6. The molecule has 1 heterocycles. The van der Waals surface area contributed by atoms with Gasteiger partial charge in [-0.05, 0) is 33.6 Å². The van der Waals surface area contributed by atoms with Crippen LogP contribution in [0.2, 0.25) is 0 Å². The fraction of sp³-hybridized carbons (Fsp3) is 0.857. The molecule has 1 aliphatic rings. The van der Waals surface area contributed by atoms with E-state index in [4.69, 9.17) is 9.47 Å². The molecule has 0 aromatic heterocycles. The number of nitrogens with zero attached hydrogens (tertiary/aromatic N) is 1. The number of hydrogen-bond acceptors (Lipinski definition) is 4. The van der Waals surface area contributed by atoms with Crippen LogP contribution in [0.25, 0.3) is 0 Å². The molecule has 0 aliphatic carbocycles. The van der Waals surface area contributed by atoms with Gasteiger partial charge in [0.1, 0.15) is 6.10 Å². The Balaban J connectivity index is 2.47. The lowest BCUT2D eigenvalue weighted by Gasteiger charge is -2.38. The van der Waals surface area contributed by atoms with E-state index in [-0.39, 0.29) is 12.5 Å². The number of piperidine rings is 1. The highest BCUT2D eigenvalue weighted by Crippen LogP contribution is 2.30. The minimum atomic E-state index is -0.848. The van der Waals surface area contributed by atoms with Gasteiger partial charge in [0.2, 0.25) is 0 Å². The average molecular weight is 287 g/mol. The Hall–Kier alpha value is -1.14. The molecule has 6 heteroatoms. The van der Waals surface area contributed by atoms with Crippen LogP contribution >= 0.6 is 0 Å². The van der Waals surface area contributed by atoms with E-state index in [1.54, 1.807) is 18.7 Å². The van der Waals surface area contributed by atoms with Gasteiger partial charge < -0.3 is 19.5 Å². The van der Waals surface area contributed by atoms with Crippen molar-refractivity contribution in [1.82, 2.24) is 4.90 Å². The van der Waals surface area contributed by atoms with Gasteiger partial charge in [0.05, 0.1) is 18.6 Å². The first-order chi connectivity index (χ1) is 9.40. The van der Waals surface area contributed by atoms with Crippen LogP contribution in [0.5, 0.6) is 0 Å². The molecule has 20 heavy (non-hydrogen) atoms. The van der Waals surface area contributed by atoms with E-state index < -0.39 is 17.5 Å². The first-order valence-corrected chi connectivity index (χ1v) is 7.12. The quantitative estimate of drug-likeness (QED) is 0.711. The van der Waals surface area contributed by atoms with E-state index in [0.717, 1.165) is 0 Å². The number of carbonyl (C=O) groups is 2. The summed E-state index contributed by atoms with van der Waals surface area (Å²) in [5.74, 6) is -0.992. The lowest BCUT2D eigenvalue weighted by molar-refractivity contribution is -0.156. The summed E-state index contributed by atoms with van der Waals surface area (Å²) in [4.78, 5) is 25.1. The molecular weight excluding hydrogens is 262 g/mol. The van der Waals surface area contributed by atoms with Crippen LogP contribution in [0, 0.1) is 5.41 Å². The highest BCUT2D eigenvalue weighted by atomic mass is 16.5. The van der Waals surface area contributed by atoms with Crippen LogP contribution in [0.3, 0.4) is 0 Å². The third-order valence-electron chi connectivity index (χ3n) is 3.67. The van der Waals surface area contributed by atoms with Crippen LogP contribution in [-0.4, -0.2) is 60.9 Å². The molecule has 6 nitrogen and oxygen atoms in total. The van der Waals surface area contributed by atoms with Crippen LogP contribution in [0.15, 0.2) is 0 Å². The maximum Gasteiger partial charge on any atom is 0.311 e. The summed E-state index contributed by atoms with van der Waals surface area (Å²) in [5.41, 5.74) is -0.848.